The maximum atomic E-state index is 13.0. The Morgan fingerprint density at radius 3 is 2.50 bits per heavy atom. The summed E-state index contributed by atoms with van der Waals surface area (Å²) in [6.45, 7) is 4.79. The molecule has 2 aromatic carbocycles. The lowest BCUT2D eigenvalue weighted by Gasteiger charge is -2.24. The Balaban J connectivity index is 1.41. The van der Waals surface area contributed by atoms with Crippen molar-refractivity contribution >= 4 is 11.8 Å². The minimum atomic E-state index is -0.442. The Labute approximate surface area is 175 Å². The van der Waals surface area contributed by atoms with E-state index in [1.165, 1.54) is 5.56 Å². The number of aryl methyl sites for hydroxylation is 2. The third kappa shape index (κ3) is 4.25. The average Bonchev–Trinajstić information content (AvgIpc) is 3.42. The predicted octanol–water partition coefficient (Wildman–Crippen LogP) is 3.27. The Morgan fingerprint density at radius 1 is 1.10 bits per heavy atom. The van der Waals surface area contributed by atoms with Gasteiger partial charge in [0.1, 0.15) is 6.04 Å². The van der Waals surface area contributed by atoms with Gasteiger partial charge in [0.05, 0.1) is 0 Å². The second kappa shape index (κ2) is 8.49. The quantitative estimate of drug-likeness (QED) is 0.705. The van der Waals surface area contributed by atoms with Crippen LogP contribution >= 0.6 is 0 Å². The third-order valence-corrected chi connectivity index (χ3v) is 5.32. The Morgan fingerprint density at radius 2 is 1.83 bits per heavy atom. The molecule has 2 heterocycles. The van der Waals surface area contributed by atoms with Crippen molar-refractivity contribution in [2.45, 2.75) is 39.3 Å². The summed E-state index contributed by atoms with van der Waals surface area (Å²) in [5.41, 5.74) is 3.53. The number of hydrogen-bond donors (Lipinski definition) is 1. The van der Waals surface area contributed by atoms with Crippen LogP contribution in [0.5, 0.6) is 0 Å². The highest BCUT2D eigenvalue weighted by Crippen LogP contribution is 2.22. The molecule has 30 heavy (non-hydrogen) atoms. The number of hydrogen-bond acceptors (Lipinski definition) is 5. The van der Waals surface area contributed by atoms with Gasteiger partial charge in [-0.15, -0.1) is 0 Å². The standard InChI is InChI=1S/C23H24N4O3/c1-15-5-7-17(8-6-15)14-24-22(28)20-4-3-13-27(20)23(29)19-11-9-18(10-12-19)21-25-16(2)30-26-21/h5-12,20H,3-4,13-14H2,1-2H3,(H,24,28). The van der Waals surface area contributed by atoms with Gasteiger partial charge in [-0.2, -0.15) is 4.98 Å². The first kappa shape index (κ1) is 19.8. The lowest BCUT2D eigenvalue weighted by Crippen LogP contribution is -2.45. The fourth-order valence-corrected chi connectivity index (χ4v) is 3.64. The van der Waals surface area contributed by atoms with Crippen molar-refractivity contribution < 1.29 is 14.1 Å². The molecule has 0 radical (unpaired) electrons. The van der Waals surface area contributed by atoms with Gasteiger partial charge in [0.25, 0.3) is 5.91 Å². The van der Waals surface area contributed by atoms with Crippen molar-refractivity contribution in [3.8, 4) is 11.4 Å². The number of rotatable bonds is 5. The van der Waals surface area contributed by atoms with Crippen molar-refractivity contribution in [1.29, 1.82) is 0 Å². The van der Waals surface area contributed by atoms with Gasteiger partial charge in [0, 0.05) is 31.1 Å². The second-order valence-corrected chi connectivity index (χ2v) is 7.57. The Bertz CT molecular complexity index is 1040. The highest BCUT2D eigenvalue weighted by Gasteiger charge is 2.34. The van der Waals surface area contributed by atoms with Gasteiger partial charge in [-0.1, -0.05) is 47.1 Å². The fraction of sp³-hybridized carbons (Fsp3) is 0.304. The van der Waals surface area contributed by atoms with E-state index >= 15 is 0 Å². The minimum Gasteiger partial charge on any atom is -0.350 e. The van der Waals surface area contributed by atoms with Crippen LogP contribution in [0.1, 0.15) is 40.2 Å². The summed E-state index contributed by atoms with van der Waals surface area (Å²) in [7, 11) is 0. The van der Waals surface area contributed by atoms with Crippen molar-refractivity contribution in [3.63, 3.8) is 0 Å². The van der Waals surface area contributed by atoms with Gasteiger partial charge in [-0.25, -0.2) is 0 Å². The van der Waals surface area contributed by atoms with Crippen molar-refractivity contribution in [2.75, 3.05) is 6.54 Å². The predicted molar refractivity (Wildman–Crippen MR) is 112 cm³/mol. The lowest BCUT2D eigenvalue weighted by molar-refractivity contribution is -0.125. The molecule has 0 spiro atoms. The van der Waals surface area contributed by atoms with Gasteiger partial charge >= 0.3 is 0 Å². The summed E-state index contributed by atoms with van der Waals surface area (Å²) in [5.74, 6) is 0.724. The third-order valence-electron chi connectivity index (χ3n) is 5.32. The summed E-state index contributed by atoms with van der Waals surface area (Å²) >= 11 is 0. The van der Waals surface area contributed by atoms with E-state index in [-0.39, 0.29) is 11.8 Å². The molecular formula is C23H24N4O3. The molecule has 1 aliphatic heterocycles. The Kier molecular flexibility index (Phi) is 5.61. The van der Waals surface area contributed by atoms with E-state index < -0.39 is 6.04 Å². The van der Waals surface area contributed by atoms with Gasteiger partial charge < -0.3 is 14.7 Å². The van der Waals surface area contributed by atoms with Gasteiger partial charge in [-0.3, -0.25) is 9.59 Å². The molecule has 0 aliphatic carbocycles. The first-order valence-corrected chi connectivity index (χ1v) is 10.1. The highest BCUT2D eigenvalue weighted by atomic mass is 16.5. The van der Waals surface area contributed by atoms with Crippen LogP contribution in [0.4, 0.5) is 0 Å². The van der Waals surface area contributed by atoms with Crippen molar-refractivity contribution in [3.05, 3.63) is 71.1 Å². The van der Waals surface area contributed by atoms with Crippen LogP contribution < -0.4 is 5.32 Å². The van der Waals surface area contributed by atoms with E-state index in [1.54, 1.807) is 36.1 Å². The molecule has 3 aromatic rings. The number of carbonyl (C=O) groups excluding carboxylic acids is 2. The molecule has 1 unspecified atom stereocenters. The van der Waals surface area contributed by atoms with E-state index in [9.17, 15) is 9.59 Å². The number of nitrogens with one attached hydrogen (secondary N) is 1. The molecule has 7 heteroatoms. The number of aromatic nitrogens is 2. The molecule has 1 fully saturated rings. The van der Waals surface area contributed by atoms with Crippen LogP contribution in [-0.4, -0.2) is 39.4 Å². The van der Waals surface area contributed by atoms with E-state index in [1.807, 2.05) is 31.2 Å². The van der Waals surface area contributed by atoms with Crippen LogP contribution in [-0.2, 0) is 11.3 Å². The van der Waals surface area contributed by atoms with E-state index in [0.29, 0.717) is 36.8 Å². The molecule has 1 atom stereocenters. The van der Waals surface area contributed by atoms with Crippen molar-refractivity contribution in [1.82, 2.24) is 20.4 Å². The van der Waals surface area contributed by atoms with E-state index in [0.717, 1.165) is 17.5 Å². The molecule has 1 saturated heterocycles. The number of amides is 2. The summed E-state index contributed by atoms with van der Waals surface area (Å²) in [6, 6.07) is 14.7. The van der Waals surface area contributed by atoms with E-state index in [4.69, 9.17) is 4.52 Å². The molecule has 0 saturated carbocycles. The van der Waals surface area contributed by atoms with Crippen LogP contribution in [0.15, 0.2) is 53.1 Å². The SMILES string of the molecule is Cc1ccc(CNC(=O)C2CCCN2C(=O)c2ccc(-c3noc(C)n3)cc2)cc1. The maximum Gasteiger partial charge on any atom is 0.254 e. The number of benzene rings is 2. The molecule has 0 bridgehead atoms. The minimum absolute atomic E-state index is 0.111. The van der Waals surface area contributed by atoms with Gasteiger partial charge in [0.15, 0.2) is 0 Å². The smallest absolute Gasteiger partial charge is 0.254 e. The zero-order valence-corrected chi connectivity index (χ0v) is 17.1. The molecule has 7 nitrogen and oxygen atoms in total. The van der Waals surface area contributed by atoms with Crippen LogP contribution in [0.2, 0.25) is 0 Å². The molecule has 1 aliphatic rings. The summed E-state index contributed by atoms with van der Waals surface area (Å²) < 4.78 is 5.00. The lowest BCUT2D eigenvalue weighted by atomic mass is 10.1. The molecule has 4 rings (SSSR count). The Hall–Kier alpha value is -3.48. The van der Waals surface area contributed by atoms with Crippen molar-refractivity contribution in [2.24, 2.45) is 0 Å². The van der Waals surface area contributed by atoms with Crippen LogP contribution in [0.3, 0.4) is 0 Å². The zero-order valence-electron chi connectivity index (χ0n) is 17.1. The molecule has 1 aromatic heterocycles. The first-order chi connectivity index (χ1) is 14.5. The largest absolute Gasteiger partial charge is 0.350 e. The van der Waals surface area contributed by atoms with Crippen LogP contribution in [0.25, 0.3) is 11.4 Å². The number of likely N-dealkylation sites (tertiary alicyclic amines) is 1. The molecule has 154 valence electrons. The highest BCUT2D eigenvalue weighted by molar-refractivity contribution is 5.98. The van der Waals surface area contributed by atoms with Crippen LogP contribution in [0, 0.1) is 13.8 Å². The molecular weight excluding hydrogens is 380 g/mol. The number of carbonyl (C=O) groups is 2. The summed E-state index contributed by atoms with van der Waals surface area (Å²) in [5, 5.41) is 6.86. The maximum absolute atomic E-state index is 13.0. The topological polar surface area (TPSA) is 88.3 Å². The summed E-state index contributed by atoms with van der Waals surface area (Å²) in [6.07, 6.45) is 1.49. The second-order valence-electron chi connectivity index (χ2n) is 7.57. The van der Waals surface area contributed by atoms with Gasteiger partial charge in [-0.05, 0) is 37.5 Å². The zero-order chi connectivity index (χ0) is 21.1. The number of nitrogens with zero attached hydrogens (tertiary/aromatic N) is 3. The summed E-state index contributed by atoms with van der Waals surface area (Å²) in [4.78, 5) is 31.6. The first-order valence-electron chi connectivity index (χ1n) is 10.1. The monoisotopic (exact) mass is 404 g/mol. The average molecular weight is 404 g/mol. The fourth-order valence-electron chi connectivity index (χ4n) is 3.64. The normalized spacial score (nSPS) is 15.9. The van der Waals surface area contributed by atoms with Gasteiger partial charge in [0.2, 0.25) is 17.6 Å². The molecule has 2 amide bonds. The molecule has 1 N–H and O–H groups in total. The van der Waals surface area contributed by atoms with E-state index in [2.05, 4.69) is 15.5 Å².